The highest BCUT2D eigenvalue weighted by Gasteiger charge is 2.18. The van der Waals surface area contributed by atoms with Crippen molar-refractivity contribution in [3.63, 3.8) is 0 Å². The van der Waals surface area contributed by atoms with Crippen molar-refractivity contribution < 1.29 is 0 Å². The van der Waals surface area contributed by atoms with Gasteiger partial charge in [0.1, 0.15) is 11.2 Å². The summed E-state index contributed by atoms with van der Waals surface area (Å²) in [5, 5.41) is 5.63. The van der Waals surface area contributed by atoms with Crippen molar-refractivity contribution >= 4 is 22.6 Å². The summed E-state index contributed by atoms with van der Waals surface area (Å²) in [5.74, 6) is 0.504. The Morgan fingerprint density at radius 2 is 1.34 bits per heavy atom. The molecule has 0 aliphatic carbocycles. The van der Waals surface area contributed by atoms with Crippen molar-refractivity contribution in [2.24, 2.45) is 0 Å². The van der Waals surface area contributed by atoms with Crippen LogP contribution in [-0.4, -0.2) is 24.3 Å². The van der Waals surface area contributed by atoms with Crippen LogP contribution in [0.15, 0.2) is 114 Å². The van der Waals surface area contributed by atoms with Gasteiger partial charge in [0.05, 0.1) is 11.4 Å². The normalized spacial score (nSPS) is 11.1. The number of para-hydroxylation sites is 1. The van der Waals surface area contributed by atoms with Crippen molar-refractivity contribution in [2.75, 3.05) is 0 Å². The van der Waals surface area contributed by atoms with Gasteiger partial charge in [-0.2, -0.15) is 0 Å². The Morgan fingerprint density at radius 3 is 2.06 bits per heavy atom. The Morgan fingerprint density at radius 1 is 0.686 bits per heavy atom. The molecule has 3 heterocycles. The number of fused-ring (bicyclic) bond motifs is 1. The minimum absolute atomic E-state index is 0.201. The molecule has 7 heteroatoms. The van der Waals surface area contributed by atoms with Crippen molar-refractivity contribution in [1.82, 2.24) is 24.3 Å². The lowest BCUT2D eigenvalue weighted by molar-refractivity contribution is 0.888. The minimum Gasteiger partial charge on any atom is -0.268 e. The summed E-state index contributed by atoms with van der Waals surface area (Å²) in [5.41, 5.74) is 4.62. The Bertz CT molecular complexity index is 1690. The van der Waals surface area contributed by atoms with E-state index in [-0.39, 0.29) is 5.56 Å². The maximum Gasteiger partial charge on any atom is 0.269 e. The van der Waals surface area contributed by atoms with Crippen LogP contribution in [0, 0.1) is 0 Å². The van der Waals surface area contributed by atoms with Gasteiger partial charge in [-0.1, -0.05) is 54.1 Å². The van der Waals surface area contributed by atoms with E-state index in [1.807, 2.05) is 78.9 Å². The second kappa shape index (κ2) is 8.66. The van der Waals surface area contributed by atoms with Gasteiger partial charge in [0.2, 0.25) is 0 Å². The predicted molar refractivity (Wildman–Crippen MR) is 138 cm³/mol. The van der Waals surface area contributed by atoms with Crippen LogP contribution >= 0.6 is 11.6 Å². The third-order valence-corrected chi connectivity index (χ3v) is 6.07. The maximum atomic E-state index is 13.8. The molecule has 0 fully saturated rings. The van der Waals surface area contributed by atoms with E-state index < -0.39 is 0 Å². The summed E-state index contributed by atoms with van der Waals surface area (Å²) in [6.45, 7) is 0. The molecule has 0 spiro atoms. The molecule has 0 bridgehead atoms. The number of aromatic nitrogens is 5. The summed E-state index contributed by atoms with van der Waals surface area (Å²) in [4.78, 5) is 22.7. The molecule has 0 aliphatic heterocycles. The van der Waals surface area contributed by atoms with Gasteiger partial charge < -0.3 is 0 Å². The Labute approximate surface area is 205 Å². The topological polar surface area (TPSA) is 65.6 Å². The Hall–Kier alpha value is -4.55. The van der Waals surface area contributed by atoms with Crippen molar-refractivity contribution in [2.45, 2.75) is 0 Å². The van der Waals surface area contributed by atoms with E-state index in [0.29, 0.717) is 27.6 Å². The van der Waals surface area contributed by atoms with E-state index in [1.54, 1.807) is 40.0 Å². The van der Waals surface area contributed by atoms with Crippen LogP contribution in [0.1, 0.15) is 0 Å². The molecule has 0 unspecified atom stereocenters. The average Bonchev–Trinajstić information content (AvgIpc) is 3.35. The van der Waals surface area contributed by atoms with Gasteiger partial charge >= 0.3 is 0 Å². The first-order chi connectivity index (χ1) is 17.2. The summed E-state index contributed by atoms with van der Waals surface area (Å²) in [6, 6.07) is 28.7. The SMILES string of the molecule is O=c1c2cn(-c3ccccc3)nc2nc(-c2ccc(-c3ccncc3)cc2)n1-c1ccc(Cl)cc1. The van der Waals surface area contributed by atoms with Crippen LogP contribution in [-0.2, 0) is 0 Å². The fourth-order valence-corrected chi connectivity index (χ4v) is 4.18. The van der Waals surface area contributed by atoms with Crippen LogP contribution in [0.25, 0.3) is 44.9 Å². The molecule has 35 heavy (non-hydrogen) atoms. The molecular formula is C28H18ClN5O. The largest absolute Gasteiger partial charge is 0.269 e. The quantitative estimate of drug-likeness (QED) is 0.316. The van der Waals surface area contributed by atoms with Crippen LogP contribution in [0.5, 0.6) is 0 Å². The second-order valence-corrected chi connectivity index (χ2v) is 8.45. The van der Waals surface area contributed by atoms with Crippen LogP contribution in [0.2, 0.25) is 5.02 Å². The lowest BCUT2D eigenvalue weighted by Crippen LogP contribution is -2.21. The van der Waals surface area contributed by atoms with E-state index in [9.17, 15) is 4.79 Å². The molecule has 0 atom stereocenters. The van der Waals surface area contributed by atoms with Crippen LogP contribution in [0.4, 0.5) is 0 Å². The summed E-state index contributed by atoms with van der Waals surface area (Å²) in [6.07, 6.45) is 5.25. The standard InChI is InChI=1S/C28H18ClN5O/c29-22-10-12-24(13-11-22)34-27(21-8-6-19(7-9-21)20-14-16-30-17-15-20)31-26-25(28(34)35)18-33(32-26)23-4-2-1-3-5-23/h1-18H. The summed E-state index contributed by atoms with van der Waals surface area (Å²) >= 11 is 6.12. The van der Waals surface area contributed by atoms with Crippen molar-refractivity contribution in [3.8, 4) is 33.9 Å². The molecule has 0 amide bonds. The highest BCUT2D eigenvalue weighted by atomic mass is 35.5. The average molecular weight is 476 g/mol. The summed E-state index contributed by atoms with van der Waals surface area (Å²) in [7, 11) is 0. The van der Waals surface area contributed by atoms with Gasteiger partial charge in [-0.05, 0) is 59.7 Å². The molecule has 3 aromatic heterocycles. The monoisotopic (exact) mass is 475 g/mol. The fraction of sp³-hybridized carbons (Fsp3) is 0. The molecule has 168 valence electrons. The maximum absolute atomic E-state index is 13.8. The molecule has 0 radical (unpaired) electrons. The van der Waals surface area contributed by atoms with Gasteiger partial charge in [-0.3, -0.25) is 14.3 Å². The molecule has 6 nitrogen and oxygen atoms in total. The highest BCUT2D eigenvalue weighted by Crippen LogP contribution is 2.26. The summed E-state index contributed by atoms with van der Waals surface area (Å²) < 4.78 is 3.29. The number of hydrogen-bond donors (Lipinski definition) is 0. The first kappa shape index (κ1) is 21.0. The van der Waals surface area contributed by atoms with Crippen LogP contribution in [0.3, 0.4) is 0 Å². The molecule has 6 rings (SSSR count). The molecular weight excluding hydrogens is 458 g/mol. The fourth-order valence-electron chi connectivity index (χ4n) is 4.06. The Kier molecular flexibility index (Phi) is 5.20. The lowest BCUT2D eigenvalue weighted by Gasteiger charge is -2.13. The van der Waals surface area contributed by atoms with Gasteiger partial charge in [0.15, 0.2) is 5.65 Å². The molecule has 0 N–H and O–H groups in total. The third kappa shape index (κ3) is 3.90. The van der Waals surface area contributed by atoms with Gasteiger partial charge in [-0.15, -0.1) is 5.10 Å². The zero-order valence-electron chi connectivity index (χ0n) is 18.4. The highest BCUT2D eigenvalue weighted by molar-refractivity contribution is 6.30. The van der Waals surface area contributed by atoms with E-state index in [2.05, 4.69) is 10.1 Å². The number of halogens is 1. The number of rotatable bonds is 4. The lowest BCUT2D eigenvalue weighted by atomic mass is 10.0. The zero-order chi connectivity index (χ0) is 23.8. The molecule has 6 aromatic rings. The minimum atomic E-state index is -0.201. The van der Waals surface area contributed by atoms with E-state index >= 15 is 0 Å². The predicted octanol–water partition coefficient (Wildman–Crippen LogP) is 5.95. The first-order valence-electron chi connectivity index (χ1n) is 11.0. The smallest absolute Gasteiger partial charge is 0.268 e. The molecule has 0 saturated carbocycles. The number of pyridine rings is 1. The number of benzene rings is 3. The van der Waals surface area contributed by atoms with E-state index in [0.717, 1.165) is 22.4 Å². The van der Waals surface area contributed by atoms with Gasteiger partial charge in [0.25, 0.3) is 5.56 Å². The Balaban J connectivity index is 1.56. The number of nitrogens with zero attached hydrogens (tertiary/aromatic N) is 5. The van der Waals surface area contributed by atoms with E-state index in [4.69, 9.17) is 16.6 Å². The molecule has 0 aliphatic rings. The number of hydrogen-bond acceptors (Lipinski definition) is 4. The van der Waals surface area contributed by atoms with Crippen LogP contribution < -0.4 is 5.56 Å². The van der Waals surface area contributed by atoms with Gasteiger partial charge in [-0.25, -0.2) is 9.67 Å². The van der Waals surface area contributed by atoms with Crippen molar-refractivity contribution in [3.05, 3.63) is 125 Å². The van der Waals surface area contributed by atoms with Gasteiger partial charge in [0, 0.05) is 29.2 Å². The second-order valence-electron chi connectivity index (χ2n) is 8.01. The third-order valence-electron chi connectivity index (χ3n) is 5.81. The van der Waals surface area contributed by atoms with Crippen molar-refractivity contribution in [1.29, 1.82) is 0 Å². The molecule has 0 saturated heterocycles. The first-order valence-corrected chi connectivity index (χ1v) is 11.4. The molecule has 3 aromatic carbocycles. The zero-order valence-corrected chi connectivity index (χ0v) is 19.2. The van der Waals surface area contributed by atoms with E-state index in [1.165, 1.54) is 0 Å².